The van der Waals surface area contributed by atoms with Gasteiger partial charge in [-0.05, 0) is 82.1 Å². The molecule has 0 aliphatic rings. The fourth-order valence-electron chi connectivity index (χ4n) is 3.39. The zero-order chi connectivity index (χ0) is 23.5. The first-order chi connectivity index (χ1) is 15.8. The monoisotopic (exact) mass is 442 g/mol. The van der Waals surface area contributed by atoms with Crippen LogP contribution in [0.3, 0.4) is 0 Å². The molecule has 0 aliphatic heterocycles. The van der Waals surface area contributed by atoms with Gasteiger partial charge in [-0.15, -0.1) is 10.2 Å². The van der Waals surface area contributed by atoms with Crippen LogP contribution in [-0.2, 0) is 0 Å². The molecule has 0 saturated heterocycles. The first kappa shape index (κ1) is 22.0. The third kappa shape index (κ3) is 5.01. The Balaban J connectivity index is 1.37. The summed E-state index contributed by atoms with van der Waals surface area (Å²) in [6, 6.07) is 16.2. The van der Waals surface area contributed by atoms with Gasteiger partial charge in [-0.2, -0.15) is 5.10 Å². The van der Waals surface area contributed by atoms with E-state index in [9.17, 15) is 4.79 Å². The van der Waals surface area contributed by atoms with Gasteiger partial charge in [0.2, 0.25) is 5.88 Å². The molecule has 4 rings (SSSR count). The summed E-state index contributed by atoms with van der Waals surface area (Å²) in [5.74, 6) is 1.58. The van der Waals surface area contributed by atoms with Crippen LogP contribution < -0.4 is 15.4 Å². The summed E-state index contributed by atoms with van der Waals surface area (Å²) in [5.41, 5.74) is 6.70. The van der Waals surface area contributed by atoms with E-state index in [1.165, 1.54) is 0 Å². The highest BCUT2D eigenvalue weighted by atomic mass is 16.5. The molecule has 8 nitrogen and oxygen atoms in total. The van der Waals surface area contributed by atoms with E-state index in [1.54, 1.807) is 35.0 Å². The van der Waals surface area contributed by atoms with Crippen LogP contribution in [0.4, 0.5) is 16.2 Å². The Morgan fingerprint density at radius 3 is 2.24 bits per heavy atom. The zero-order valence-electron chi connectivity index (χ0n) is 19.3. The predicted molar refractivity (Wildman–Crippen MR) is 128 cm³/mol. The molecular formula is C25H26N6O2. The smallest absolute Gasteiger partial charge is 0.323 e. The molecule has 0 unspecified atom stereocenters. The number of carbonyl (C=O) groups excluding carboxylic acids is 1. The van der Waals surface area contributed by atoms with Gasteiger partial charge in [0.05, 0.1) is 5.69 Å². The molecule has 4 aromatic rings. The SMILES string of the molecule is Cc1ccc(NC(=O)Nc2ccc(Oc3ccc(-n4nc(C)c(C)c4C)nn3)cc2)c(C)c1. The topological polar surface area (TPSA) is 94.0 Å². The van der Waals surface area contributed by atoms with Crippen molar-refractivity contribution < 1.29 is 9.53 Å². The number of anilines is 2. The number of nitrogens with zero attached hydrogens (tertiary/aromatic N) is 4. The van der Waals surface area contributed by atoms with Crippen LogP contribution in [0.5, 0.6) is 11.6 Å². The standard InChI is InChI=1S/C25H26N6O2/c1-15-6-11-22(16(2)14-15)27-25(32)26-20-7-9-21(10-8-20)33-24-13-12-23(28-29-24)31-19(5)17(3)18(4)30-31/h6-14H,1-5H3,(H2,26,27,32). The number of carbonyl (C=O) groups is 1. The summed E-state index contributed by atoms with van der Waals surface area (Å²) in [7, 11) is 0. The quantitative estimate of drug-likeness (QED) is 0.417. The van der Waals surface area contributed by atoms with Gasteiger partial charge in [-0.1, -0.05) is 17.7 Å². The second-order valence-corrected chi connectivity index (χ2v) is 7.96. The highest BCUT2D eigenvalue weighted by molar-refractivity contribution is 6.00. The van der Waals surface area contributed by atoms with Gasteiger partial charge in [-0.25, -0.2) is 9.48 Å². The normalized spacial score (nSPS) is 10.7. The van der Waals surface area contributed by atoms with Crippen molar-refractivity contribution in [2.75, 3.05) is 10.6 Å². The second kappa shape index (κ2) is 9.12. The molecule has 0 spiro atoms. The Kier molecular flexibility index (Phi) is 6.08. The van der Waals surface area contributed by atoms with Crippen LogP contribution in [0.1, 0.15) is 28.1 Å². The molecular weight excluding hydrogens is 416 g/mol. The highest BCUT2D eigenvalue weighted by Crippen LogP contribution is 2.23. The van der Waals surface area contributed by atoms with Crippen molar-refractivity contribution in [1.82, 2.24) is 20.0 Å². The number of benzene rings is 2. The molecule has 2 N–H and O–H groups in total. The summed E-state index contributed by atoms with van der Waals surface area (Å²) in [6.07, 6.45) is 0. The lowest BCUT2D eigenvalue weighted by Crippen LogP contribution is -2.19. The number of rotatable bonds is 5. The van der Waals surface area contributed by atoms with E-state index in [4.69, 9.17) is 4.74 Å². The molecule has 2 amide bonds. The van der Waals surface area contributed by atoms with Crippen molar-refractivity contribution in [3.8, 4) is 17.4 Å². The predicted octanol–water partition coefficient (Wildman–Crippen LogP) is 5.64. The number of hydrogen-bond acceptors (Lipinski definition) is 5. The largest absolute Gasteiger partial charge is 0.438 e. The first-order valence-electron chi connectivity index (χ1n) is 10.6. The Labute approximate surface area is 192 Å². The Morgan fingerprint density at radius 2 is 1.64 bits per heavy atom. The average Bonchev–Trinajstić information content (AvgIpc) is 3.05. The van der Waals surface area contributed by atoms with E-state index in [0.717, 1.165) is 33.8 Å². The fraction of sp³-hybridized carbons (Fsp3) is 0.200. The number of nitrogens with one attached hydrogen (secondary N) is 2. The first-order valence-corrected chi connectivity index (χ1v) is 10.6. The van der Waals surface area contributed by atoms with Gasteiger partial charge in [0.15, 0.2) is 5.82 Å². The van der Waals surface area contributed by atoms with Gasteiger partial charge in [0, 0.05) is 23.1 Å². The summed E-state index contributed by atoms with van der Waals surface area (Å²) in [4.78, 5) is 12.3. The fourth-order valence-corrected chi connectivity index (χ4v) is 3.39. The molecule has 2 aromatic heterocycles. The molecule has 168 valence electrons. The van der Waals surface area contributed by atoms with Gasteiger partial charge in [0.25, 0.3) is 0 Å². The van der Waals surface area contributed by atoms with Gasteiger partial charge in [0.1, 0.15) is 5.75 Å². The van der Waals surface area contributed by atoms with Gasteiger partial charge in [-0.3, -0.25) is 0 Å². The minimum Gasteiger partial charge on any atom is -0.438 e. The third-order valence-corrected chi connectivity index (χ3v) is 5.46. The van der Waals surface area contributed by atoms with E-state index in [-0.39, 0.29) is 6.03 Å². The second-order valence-electron chi connectivity index (χ2n) is 7.96. The molecule has 0 fully saturated rings. The number of amides is 2. The third-order valence-electron chi connectivity index (χ3n) is 5.46. The van der Waals surface area contributed by atoms with Crippen molar-refractivity contribution in [2.24, 2.45) is 0 Å². The number of aromatic nitrogens is 4. The minimum atomic E-state index is -0.309. The number of ether oxygens (including phenoxy) is 1. The summed E-state index contributed by atoms with van der Waals surface area (Å²) >= 11 is 0. The number of aryl methyl sites for hydroxylation is 3. The minimum absolute atomic E-state index is 0.309. The van der Waals surface area contributed by atoms with E-state index in [1.807, 2.05) is 58.9 Å². The van der Waals surface area contributed by atoms with Crippen molar-refractivity contribution in [3.63, 3.8) is 0 Å². The Bertz CT molecular complexity index is 1290. The van der Waals surface area contributed by atoms with Crippen molar-refractivity contribution >= 4 is 17.4 Å². The Hall–Kier alpha value is -4.20. The molecule has 33 heavy (non-hydrogen) atoms. The lowest BCUT2D eigenvalue weighted by Gasteiger charge is -2.11. The lowest BCUT2D eigenvalue weighted by molar-refractivity contribution is 0.262. The van der Waals surface area contributed by atoms with E-state index in [0.29, 0.717) is 23.1 Å². The maximum atomic E-state index is 12.3. The maximum Gasteiger partial charge on any atom is 0.323 e. The van der Waals surface area contributed by atoms with Gasteiger partial charge < -0.3 is 15.4 Å². The molecule has 0 radical (unpaired) electrons. The van der Waals surface area contributed by atoms with E-state index < -0.39 is 0 Å². The molecule has 0 saturated carbocycles. The van der Waals surface area contributed by atoms with Crippen LogP contribution in [0.25, 0.3) is 5.82 Å². The van der Waals surface area contributed by atoms with Crippen LogP contribution in [0.2, 0.25) is 0 Å². The van der Waals surface area contributed by atoms with E-state index >= 15 is 0 Å². The number of hydrogen-bond donors (Lipinski definition) is 2. The zero-order valence-corrected chi connectivity index (χ0v) is 19.3. The maximum absolute atomic E-state index is 12.3. The lowest BCUT2D eigenvalue weighted by atomic mass is 10.1. The van der Waals surface area contributed by atoms with Crippen molar-refractivity contribution in [1.29, 1.82) is 0 Å². The summed E-state index contributed by atoms with van der Waals surface area (Å²) in [6.45, 7) is 9.98. The molecule has 0 aliphatic carbocycles. The van der Waals surface area contributed by atoms with Crippen LogP contribution in [0, 0.1) is 34.6 Å². The summed E-state index contributed by atoms with van der Waals surface area (Å²) in [5, 5.41) is 18.6. The molecule has 8 heteroatoms. The molecule has 2 aromatic carbocycles. The van der Waals surface area contributed by atoms with Gasteiger partial charge >= 0.3 is 6.03 Å². The average molecular weight is 443 g/mol. The van der Waals surface area contributed by atoms with Crippen LogP contribution >= 0.6 is 0 Å². The molecule has 2 heterocycles. The molecule has 0 atom stereocenters. The molecule has 0 bridgehead atoms. The van der Waals surface area contributed by atoms with Crippen molar-refractivity contribution in [3.05, 3.63) is 82.7 Å². The van der Waals surface area contributed by atoms with Crippen LogP contribution in [0.15, 0.2) is 54.6 Å². The van der Waals surface area contributed by atoms with E-state index in [2.05, 4.69) is 25.9 Å². The number of urea groups is 1. The summed E-state index contributed by atoms with van der Waals surface area (Å²) < 4.78 is 7.55. The highest BCUT2D eigenvalue weighted by Gasteiger charge is 2.11. The van der Waals surface area contributed by atoms with Crippen LogP contribution in [-0.4, -0.2) is 26.0 Å². The Morgan fingerprint density at radius 1 is 0.879 bits per heavy atom. The van der Waals surface area contributed by atoms with Crippen molar-refractivity contribution in [2.45, 2.75) is 34.6 Å².